The Balaban J connectivity index is 1.69. The highest BCUT2D eigenvalue weighted by Gasteiger charge is 2.31. The van der Waals surface area contributed by atoms with Crippen LogP contribution in [0.2, 0.25) is 0 Å². The van der Waals surface area contributed by atoms with Gasteiger partial charge < -0.3 is 14.7 Å². The molecular weight excluding hydrogens is 438 g/mol. The monoisotopic (exact) mass is 455 g/mol. The van der Waals surface area contributed by atoms with Crippen molar-refractivity contribution in [3.8, 4) is 12.1 Å². The molecule has 0 aliphatic carbocycles. The molecule has 0 saturated heterocycles. The quantitative estimate of drug-likeness (QED) is 0.536. The average Bonchev–Trinajstić information content (AvgIpc) is 2.84. The number of benzene rings is 3. The van der Waals surface area contributed by atoms with Crippen LogP contribution in [0.5, 0.6) is 0 Å². The van der Waals surface area contributed by atoms with Crippen LogP contribution in [0.1, 0.15) is 38.8 Å². The zero-order valence-corrected chi connectivity index (χ0v) is 18.3. The second-order valence-corrected chi connectivity index (χ2v) is 8.38. The molecule has 0 radical (unpaired) electrons. The van der Waals surface area contributed by atoms with Crippen molar-refractivity contribution in [3.63, 3.8) is 0 Å². The number of hydrogen-bond acceptors (Lipinski definition) is 7. The summed E-state index contributed by atoms with van der Waals surface area (Å²) in [7, 11) is 0. The fraction of sp³-hybridized carbons (Fsp3) is 0.120. The third-order valence-electron chi connectivity index (χ3n) is 5.23. The van der Waals surface area contributed by atoms with E-state index in [-0.39, 0.29) is 28.9 Å². The van der Waals surface area contributed by atoms with Crippen LogP contribution in [-0.4, -0.2) is 29.7 Å². The van der Waals surface area contributed by atoms with Crippen LogP contribution in [0.4, 0.5) is 11.4 Å². The molecule has 0 fully saturated rings. The van der Waals surface area contributed by atoms with Crippen molar-refractivity contribution < 1.29 is 19.4 Å². The number of rotatable bonds is 5. The Labute approximate surface area is 194 Å². The van der Waals surface area contributed by atoms with Crippen LogP contribution in [0.25, 0.3) is 0 Å². The van der Waals surface area contributed by atoms with Gasteiger partial charge in [-0.3, -0.25) is 0 Å². The van der Waals surface area contributed by atoms with Gasteiger partial charge >= 0.3 is 11.9 Å². The Morgan fingerprint density at radius 2 is 1.70 bits per heavy atom. The molecule has 0 bridgehead atoms. The summed E-state index contributed by atoms with van der Waals surface area (Å²) >= 11 is 1.50. The molecule has 7 nitrogen and oxygen atoms in total. The van der Waals surface area contributed by atoms with E-state index in [0.717, 1.165) is 15.5 Å². The van der Waals surface area contributed by atoms with E-state index in [9.17, 15) is 25.2 Å². The molecule has 33 heavy (non-hydrogen) atoms. The number of carboxylic acid groups (broad SMARTS) is 1. The second kappa shape index (κ2) is 9.07. The Morgan fingerprint density at radius 3 is 2.39 bits per heavy atom. The molecule has 1 unspecified atom stereocenters. The van der Waals surface area contributed by atoms with Crippen LogP contribution in [0, 0.1) is 22.7 Å². The van der Waals surface area contributed by atoms with Crippen molar-refractivity contribution in [1.82, 2.24) is 0 Å². The largest absolute Gasteiger partial charge is 0.478 e. The molecule has 0 amide bonds. The summed E-state index contributed by atoms with van der Waals surface area (Å²) in [6.07, 6.45) is 0. The normalized spacial score (nSPS) is 12.5. The van der Waals surface area contributed by atoms with E-state index in [2.05, 4.69) is 12.1 Å². The Morgan fingerprint density at radius 1 is 1.00 bits per heavy atom. The SMILES string of the molecule is CC(COC(=O)c1ccccc1C(=O)O)N1c2ccccc2Sc2ccc(C#N)c(C#N)c21. The van der Waals surface area contributed by atoms with Gasteiger partial charge in [0.15, 0.2) is 0 Å². The number of nitrogens with zero attached hydrogens (tertiary/aromatic N) is 3. The maximum atomic E-state index is 12.7. The van der Waals surface area contributed by atoms with Crippen LogP contribution in [0.15, 0.2) is 70.5 Å². The van der Waals surface area contributed by atoms with Gasteiger partial charge in [-0.15, -0.1) is 0 Å². The smallest absolute Gasteiger partial charge is 0.339 e. The zero-order chi connectivity index (χ0) is 23.5. The van der Waals surface area contributed by atoms with E-state index in [1.165, 1.54) is 30.0 Å². The molecule has 0 saturated carbocycles. The third kappa shape index (κ3) is 4.00. The molecule has 1 aliphatic heterocycles. The first-order valence-corrected chi connectivity index (χ1v) is 10.8. The van der Waals surface area contributed by atoms with Gasteiger partial charge in [0.2, 0.25) is 0 Å². The number of aromatic carboxylic acids is 1. The zero-order valence-electron chi connectivity index (χ0n) is 17.5. The first-order chi connectivity index (χ1) is 16.0. The molecular formula is C25H17N3O4S. The standard InChI is InChI=1S/C25H17N3O4S/c1-15(14-32-25(31)18-7-3-2-6-17(18)24(29)30)28-20-8-4-5-9-21(20)33-22-11-10-16(12-26)19(13-27)23(22)28/h2-11,15H,14H2,1H3,(H,29,30). The van der Waals surface area contributed by atoms with Gasteiger partial charge in [-0.25, -0.2) is 9.59 Å². The van der Waals surface area contributed by atoms with E-state index in [1.807, 2.05) is 42.2 Å². The minimum atomic E-state index is -1.21. The van der Waals surface area contributed by atoms with Gasteiger partial charge in [0, 0.05) is 9.79 Å². The molecule has 8 heteroatoms. The number of carboxylic acids is 1. The maximum absolute atomic E-state index is 12.7. The van der Waals surface area contributed by atoms with E-state index in [1.54, 1.807) is 12.1 Å². The summed E-state index contributed by atoms with van der Waals surface area (Å²) in [5, 5.41) is 28.7. The molecule has 0 aromatic heterocycles. The topological polar surface area (TPSA) is 114 Å². The third-order valence-corrected chi connectivity index (χ3v) is 6.35. The van der Waals surface area contributed by atoms with Gasteiger partial charge in [-0.1, -0.05) is 36.0 Å². The van der Waals surface area contributed by atoms with E-state index in [0.29, 0.717) is 5.69 Å². The summed E-state index contributed by atoms with van der Waals surface area (Å²) in [6.45, 7) is 1.78. The van der Waals surface area contributed by atoms with Gasteiger partial charge in [-0.05, 0) is 43.3 Å². The van der Waals surface area contributed by atoms with Gasteiger partial charge in [0.25, 0.3) is 0 Å². The molecule has 1 heterocycles. The Kier molecular flexibility index (Phi) is 6.03. The van der Waals surface area contributed by atoms with E-state index < -0.39 is 18.0 Å². The molecule has 162 valence electrons. The van der Waals surface area contributed by atoms with Crippen molar-refractivity contribution in [1.29, 1.82) is 10.5 Å². The fourth-order valence-corrected chi connectivity index (χ4v) is 4.82. The number of carbonyl (C=O) groups is 2. The molecule has 3 aromatic rings. The number of anilines is 2. The highest BCUT2D eigenvalue weighted by atomic mass is 32.2. The van der Waals surface area contributed by atoms with E-state index in [4.69, 9.17) is 4.74 Å². The number of hydrogen-bond donors (Lipinski definition) is 1. The molecule has 3 aromatic carbocycles. The lowest BCUT2D eigenvalue weighted by atomic mass is 10.0. The highest BCUT2D eigenvalue weighted by molar-refractivity contribution is 7.99. The van der Waals surface area contributed by atoms with Crippen molar-refractivity contribution in [2.45, 2.75) is 22.8 Å². The number of ether oxygens (including phenoxy) is 1. The number of carbonyl (C=O) groups excluding carboxylic acids is 1. The van der Waals surface area contributed by atoms with Crippen LogP contribution >= 0.6 is 11.8 Å². The average molecular weight is 455 g/mol. The minimum Gasteiger partial charge on any atom is -0.478 e. The predicted molar refractivity (Wildman–Crippen MR) is 122 cm³/mol. The van der Waals surface area contributed by atoms with Crippen molar-refractivity contribution in [2.75, 3.05) is 11.5 Å². The highest BCUT2D eigenvalue weighted by Crippen LogP contribution is 2.50. The molecule has 1 N–H and O–H groups in total. The van der Waals surface area contributed by atoms with Gasteiger partial charge in [0.05, 0.1) is 39.7 Å². The number of esters is 1. The summed E-state index contributed by atoms with van der Waals surface area (Å²) in [5.74, 6) is -1.96. The van der Waals surface area contributed by atoms with E-state index >= 15 is 0 Å². The number of fused-ring (bicyclic) bond motifs is 2. The molecule has 1 atom stereocenters. The van der Waals surface area contributed by atoms with Crippen LogP contribution in [0.3, 0.4) is 0 Å². The van der Waals surface area contributed by atoms with Gasteiger partial charge in [-0.2, -0.15) is 10.5 Å². The van der Waals surface area contributed by atoms with Crippen LogP contribution in [-0.2, 0) is 4.74 Å². The summed E-state index contributed by atoms with van der Waals surface area (Å²) in [4.78, 5) is 27.8. The van der Waals surface area contributed by atoms with Crippen molar-refractivity contribution in [2.24, 2.45) is 0 Å². The molecule has 1 aliphatic rings. The Hall–Kier alpha value is -4.27. The maximum Gasteiger partial charge on any atom is 0.339 e. The lowest BCUT2D eigenvalue weighted by molar-refractivity contribution is 0.0477. The fourth-order valence-electron chi connectivity index (χ4n) is 3.74. The first kappa shape index (κ1) is 21.9. The minimum absolute atomic E-state index is 0.0309. The first-order valence-electron chi connectivity index (χ1n) is 9.99. The summed E-state index contributed by atoms with van der Waals surface area (Å²) < 4.78 is 5.50. The van der Waals surface area contributed by atoms with Crippen molar-refractivity contribution >= 4 is 35.1 Å². The van der Waals surface area contributed by atoms with Crippen molar-refractivity contribution in [3.05, 3.63) is 82.9 Å². The lowest BCUT2D eigenvalue weighted by Gasteiger charge is -2.37. The number of para-hydroxylation sites is 1. The predicted octanol–water partition coefficient (Wildman–Crippen LogP) is 4.98. The summed E-state index contributed by atoms with van der Waals surface area (Å²) in [6, 6.07) is 20.8. The lowest BCUT2D eigenvalue weighted by Crippen LogP contribution is -2.36. The molecule has 0 spiro atoms. The van der Waals surface area contributed by atoms with Gasteiger partial charge in [0.1, 0.15) is 18.7 Å². The second-order valence-electron chi connectivity index (χ2n) is 7.30. The Bertz CT molecular complexity index is 1360. The van der Waals surface area contributed by atoms with Crippen LogP contribution < -0.4 is 4.90 Å². The summed E-state index contributed by atoms with van der Waals surface area (Å²) in [5.41, 5.74) is 1.78. The number of nitriles is 2. The molecule has 4 rings (SSSR count).